The summed E-state index contributed by atoms with van der Waals surface area (Å²) in [5, 5.41) is 3.06. The molecule has 5 nitrogen and oxygen atoms in total. The normalized spacial score (nSPS) is 17.4. The molecule has 1 aromatic heterocycles. The lowest BCUT2D eigenvalue weighted by molar-refractivity contribution is 0.141. The second kappa shape index (κ2) is 10.8. The van der Waals surface area contributed by atoms with Crippen LogP contribution in [0.3, 0.4) is 0 Å². The topological polar surface area (TPSA) is 44.3 Å². The summed E-state index contributed by atoms with van der Waals surface area (Å²) in [5.41, 5.74) is 0.709. The third kappa shape index (κ3) is 5.46. The number of aromatic nitrogens is 2. The second-order valence-corrected chi connectivity index (χ2v) is 9.46. The zero-order valence-corrected chi connectivity index (χ0v) is 20.0. The number of benzene rings is 2. The van der Waals surface area contributed by atoms with Gasteiger partial charge in [0, 0.05) is 60.7 Å². The van der Waals surface area contributed by atoms with Crippen molar-refractivity contribution < 1.29 is 17.6 Å². The quantitative estimate of drug-likeness (QED) is 0.437. The third-order valence-electron chi connectivity index (χ3n) is 7.11. The van der Waals surface area contributed by atoms with Gasteiger partial charge in [-0.1, -0.05) is 12.5 Å². The number of rotatable bonds is 6. The lowest BCUT2D eigenvalue weighted by atomic mass is 10.00. The van der Waals surface area contributed by atoms with Crippen molar-refractivity contribution in [3.05, 3.63) is 71.4 Å². The molecule has 2 aliphatic heterocycles. The van der Waals surface area contributed by atoms with Crippen molar-refractivity contribution in [3.63, 3.8) is 0 Å². The lowest BCUT2D eigenvalue weighted by Crippen LogP contribution is -2.47. The molecule has 190 valence electrons. The van der Waals surface area contributed by atoms with Crippen molar-refractivity contribution in [2.45, 2.75) is 44.7 Å². The van der Waals surface area contributed by atoms with Crippen molar-refractivity contribution in [1.29, 1.82) is 0 Å². The molecule has 0 unspecified atom stereocenters. The van der Waals surface area contributed by atoms with Crippen LogP contribution < -0.4 is 10.2 Å². The van der Waals surface area contributed by atoms with Crippen LogP contribution >= 0.6 is 0 Å². The van der Waals surface area contributed by atoms with Crippen LogP contribution in [0.2, 0.25) is 0 Å². The number of likely N-dealkylation sites (tertiary alicyclic amines) is 1. The van der Waals surface area contributed by atoms with E-state index in [1.165, 1.54) is 49.7 Å². The molecule has 9 heteroatoms. The molecule has 0 amide bonds. The highest BCUT2D eigenvalue weighted by molar-refractivity contribution is 5.75. The molecule has 0 atom stereocenters. The Kier molecular flexibility index (Phi) is 7.36. The average molecular weight is 500 g/mol. The maximum Gasteiger partial charge on any atom is 0.227 e. The standard InChI is InChI=1S/C27H29F4N5/c28-19-5-4-18(24(30)14-19)16-32-26-23(22-7-6-20(29)15-25(22)31)17-33-27(34-26)36-12-8-21(9-13-36)35-10-2-1-3-11-35/h4-7,14-15,17,21H,1-3,8-13,16H2,(H,32,33,34). The molecule has 0 spiro atoms. The van der Waals surface area contributed by atoms with Gasteiger partial charge in [0.25, 0.3) is 0 Å². The van der Waals surface area contributed by atoms with Gasteiger partial charge in [0.05, 0.1) is 0 Å². The van der Waals surface area contributed by atoms with Gasteiger partial charge in [-0.15, -0.1) is 0 Å². The molecule has 0 saturated carbocycles. The van der Waals surface area contributed by atoms with Gasteiger partial charge in [0.1, 0.15) is 29.1 Å². The van der Waals surface area contributed by atoms with Gasteiger partial charge < -0.3 is 15.1 Å². The van der Waals surface area contributed by atoms with Crippen molar-refractivity contribution in [2.24, 2.45) is 0 Å². The van der Waals surface area contributed by atoms with E-state index in [0.29, 0.717) is 23.4 Å². The largest absolute Gasteiger partial charge is 0.365 e. The fourth-order valence-corrected chi connectivity index (χ4v) is 5.12. The fraction of sp³-hybridized carbons (Fsp3) is 0.407. The highest BCUT2D eigenvalue weighted by Gasteiger charge is 2.27. The third-order valence-corrected chi connectivity index (χ3v) is 7.11. The van der Waals surface area contributed by atoms with E-state index in [1.54, 1.807) is 0 Å². The minimum atomic E-state index is -0.746. The first-order chi connectivity index (χ1) is 17.5. The molecule has 2 fully saturated rings. The molecule has 2 aliphatic rings. The van der Waals surface area contributed by atoms with Crippen LogP contribution in [0.4, 0.5) is 29.3 Å². The van der Waals surface area contributed by atoms with Gasteiger partial charge in [-0.2, -0.15) is 4.98 Å². The Bertz CT molecular complexity index is 1210. The van der Waals surface area contributed by atoms with Crippen molar-refractivity contribution in [1.82, 2.24) is 14.9 Å². The molecule has 36 heavy (non-hydrogen) atoms. The fourth-order valence-electron chi connectivity index (χ4n) is 5.12. The van der Waals surface area contributed by atoms with Gasteiger partial charge >= 0.3 is 0 Å². The number of halogens is 4. The summed E-state index contributed by atoms with van der Waals surface area (Å²) in [6.45, 7) is 3.94. The van der Waals surface area contributed by atoms with Gasteiger partial charge in [-0.3, -0.25) is 0 Å². The monoisotopic (exact) mass is 499 g/mol. The first-order valence-electron chi connectivity index (χ1n) is 12.5. The van der Waals surface area contributed by atoms with E-state index in [4.69, 9.17) is 0 Å². The summed E-state index contributed by atoms with van der Waals surface area (Å²) in [7, 11) is 0. The maximum atomic E-state index is 14.6. The van der Waals surface area contributed by atoms with Crippen molar-refractivity contribution in [3.8, 4) is 11.1 Å². The van der Waals surface area contributed by atoms with Crippen molar-refractivity contribution in [2.75, 3.05) is 36.4 Å². The molecule has 0 bridgehead atoms. The van der Waals surface area contributed by atoms with E-state index >= 15 is 0 Å². The van der Waals surface area contributed by atoms with Crippen LogP contribution in [0.5, 0.6) is 0 Å². The van der Waals surface area contributed by atoms with Crippen LogP contribution in [0, 0.1) is 23.3 Å². The molecule has 5 rings (SSSR count). The summed E-state index contributed by atoms with van der Waals surface area (Å²) >= 11 is 0. The summed E-state index contributed by atoms with van der Waals surface area (Å²) in [6, 6.07) is 7.21. The summed E-state index contributed by atoms with van der Waals surface area (Å²) in [5.74, 6) is -1.99. The number of anilines is 2. The Labute approximate surface area is 208 Å². The van der Waals surface area contributed by atoms with Gasteiger partial charge in [-0.25, -0.2) is 22.5 Å². The van der Waals surface area contributed by atoms with E-state index in [2.05, 4.69) is 25.1 Å². The molecule has 2 saturated heterocycles. The zero-order chi connectivity index (χ0) is 25.1. The minimum absolute atomic E-state index is 0.00934. The molecule has 0 aliphatic carbocycles. The molecule has 1 N–H and O–H groups in total. The number of nitrogens with zero attached hydrogens (tertiary/aromatic N) is 4. The number of nitrogens with one attached hydrogen (secondary N) is 1. The molecule has 3 heterocycles. The highest BCUT2D eigenvalue weighted by atomic mass is 19.1. The predicted octanol–water partition coefficient (Wildman–Crippen LogP) is 5.77. The average Bonchev–Trinajstić information content (AvgIpc) is 2.89. The Morgan fingerprint density at radius 3 is 2.19 bits per heavy atom. The SMILES string of the molecule is Fc1ccc(CNc2nc(N3CCC(N4CCCCC4)CC3)ncc2-c2ccc(F)cc2F)c(F)c1. The Morgan fingerprint density at radius 1 is 0.806 bits per heavy atom. The Balaban J connectivity index is 1.38. The molecule has 2 aromatic carbocycles. The van der Waals surface area contributed by atoms with Crippen LogP contribution in [-0.4, -0.2) is 47.1 Å². The molecule has 3 aromatic rings. The van der Waals surface area contributed by atoms with Crippen LogP contribution in [0.25, 0.3) is 11.1 Å². The van der Waals surface area contributed by atoms with Crippen LogP contribution in [0.15, 0.2) is 42.6 Å². The van der Waals surface area contributed by atoms with Crippen LogP contribution in [0.1, 0.15) is 37.7 Å². The summed E-state index contributed by atoms with van der Waals surface area (Å²) < 4.78 is 55.7. The van der Waals surface area contributed by atoms with Gasteiger partial charge in [-0.05, 0) is 57.0 Å². The second-order valence-electron chi connectivity index (χ2n) is 9.46. The van der Waals surface area contributed by atoms with Crippen molar-refractivity contribution >= 4 is 11.8 Å². The summed E-state index contributed by atoms with van der Waals surface area (Å²) in [6.07, 6.45) is 7.37. The van der Waals surface area contributed by atoms with E-state index in [-0.39, 0.29) is 17.7 Å². The van der Waals surface area contributed by atoms with Crippen LogP contribution in [-0.2, 0) is 6.54 Å². The first kappa shape index (κ1) is 24.5. The number of piperidine rings is 2. The lowest BCUT2D eigenvalue weighted by Gasteiger charge is -2.40. The predicted molar refractivity (Wildman–Crippen MR) is 132 cm³/mol. The van der Waals surface area contributed by atoms with Gasteiger partial charge in [0.15, 0.2) is 0 Å². The molecular weight excluding hydrogens is 470 g/mol. The zero-order valence-electron chi connectivity index (χ0n) is 20.0. The Morgan fingerprint density at radius 2 is 1.50 bits per heavy atom. The number of hydrogen-bond donors (Lipinski definition) is 1. The number of hydrogen-bond acceptors (Lipinski definition) is 5. The van der Waals surface area contributed by atoms with E-state index in [1.807, 2.05) is 0 Å². The molecule has 0 radical (unpaired) electrons. The maximum absolute atomic E-state index is 14.6. The summed E-state index contributed by atoms with van der Waals surface area (Å²) in [4.78, 5) is 13.9. The first-order valence-corrected chi connectivity index (χ1v) is 12.5. The van der Waals surface area contributed by atoms with Gasteiger partial charge in [0.2, 0.25) is 5.95 Å². The molecular formula is C27H29F4N5. The Hall–Kier alpha value is -3.20. The smallest absolute Gasteiger partial charge is 0.227 e. The highest BCUT2D eigenvalue weighted by Crippen LogP contribution is 2.31. The van der Waals surface area contributed by atoms with E-state index in [9.17, 15) is 17.6 Å². The van der Waals surface area contributed by atoms with E-state index in [0.717, 1.165) is 51.2 Å². The minimum Gasteiger partial charge on any atom is -0.365 e. The van der Waals surface area contributed by atoms with E-state index < -0.39 is 23.3 Å².